The van der Waals surface area contributed by atoms with Crippen LogP contribution in [-0.2, 0) is 0 Å². The molecule has 2 N–H and O–H groups in total. The van der Waals surface area contributed by atoms with E-state index in [1.165, 1.54) is 7.11 Å². The van der Waals surface area contributed by atoms with Crippen molar-refractivity contribution >= 4 is 5.95 Å². The van der Waals surface area contributed by atoms with E-state index in [-0.39, 0.29) is 12.5 Å². The van der Waals surface area contributed by atoms with Gasteiger partial charge in [0.25, 0.3) is 5.88 Å². The maximum atomic E-state index is 13.2. The first kappa shape index (κ1) is 15.9. The molecule has 2 heterocycles. The number of rotatable bonds is 7. The molecular formula is C14H23FN4O2. The number of likely N-dealkylation sites (tertiary alicyclic amines) is 1. The van der Waals surface area contributed by atoms with E-state index in [2.05, 4.69) is 20.2 Å². The number of aromatic nitrogens is 2. The van der Waals surface area contributed by atoms with Crippen molar-refractivity contribution in [2.24, 2.45) is 5.92 Å². The third-order valence-electron chi connectivity index (χ3n) is 3.70. The Bertz CT molecular complexity index is 447. The predicted molar refractivity (Wildman–Crippen MR) is 77.9 cm³/mol. The number of methoxy groups -OCH3 is 1. The summed E-state index contributed by atoms with van der Waals surface area (Å²) in [5.41, 5.74) is 0. The van der Waals surface area contributed by atoms with Crippen LogP contribution in [0.2, 0.25) is 0 Å². The normalized spacial score (nSPS) is 19.5. The lowest BCUT2D eigenvalue weighted by atomic mass is 9.99. The molecule has 0 aliphatic carbocycles. The van der Waals surface area contributed by atoms with E-state index in [1.54, 1.807) is 0 Å². The first-order chi connectivity index (χ1) is 10.2. The number of ether oxygens (including phenoxy) is 1. The zero-order valence-corrected chi connectivity index (χ0v) is 12.4. The maximum absolute atomic E-state index is 13.2. The number of anilines is 1. The van der Waals surface area contributed by atoms with Crippen molar-refractivity contribution in [2.45, 2.75) is 19.3 Å². The third kappa shape index (κ3) is 4.78. The quantitative estimate of drug-likeness (QED) is 0.735. The van der Waals surface area contributed by atoms with Crippen molar-refractivity contribution in [3.8, 4) is 5.88 Å². The average Bonchev–Trinajstić information content (AvgIpc) is 2.53. The SMILES string of the molecule is COc1nc(NCCCN2CCCC(CO)C2)ncc1F. The van der Waals surface area contributed by atoms with E-state index in [0.29, 0.717) is 11.9 Å². The fraction of sp³-hybridized carbons (Fsp3) is 0.714. The van der Waals surface area contributed by atoms with Gasteiger partial charge in [-0.15, -0.1) is 0 Å². The standard InChI is InChI=1S/C14H23FN4O2/c1-21-13-12(15)8-17-14(18-13)16-5-3-7-19-6-2-4-11(9-19)10-20/h8,11,20H,2-7,9-10H2,1H3,(H,16,17,18). The molecule has 0 bridgehead atoms. The number of nitrogens with zero attached hydrogens (tertiary/aromatic N) is 3. The van der Waals surface area contributed by atoms with Gasteiger partial charge in [-0.2, -0.15) is 9.37 Å². The fourth-order valence-electron chi connectivity index (χ4n) is 2.59. The zero-order valence-electron chi connectivity index (χ0n) is 12.4. The topological polar surface area (TPSA) is 70.5 Å². The molecule has 118 valence electrons. The highest BCUT2D eigenvalue weighted by Crippen LogP contribution is 2.16. The van der Waals surface area contributed by atoms with Gasteiger partial charge in [-0.1, -0.05) is 0 Å². The van der Waals surface area contributed by atoms with E-state index in [9.17, 15) is 9.50 Å². The summed E-state index contributed by atoms with van der Waals surface area (Å²) in [6.07, 6.45) is 4.32. The lowest BCUT2D eigenvalue weighted by Crippen LogP contribution is -2.37. The Morgan fingerprint density at radius 2 is 2.43 bits per heavy atom. The Balaban J connectivity index is 1.70. The molecule has 1 aliphatic rings. The molecule has 0 saturated carbocycles. The van der Waals surface area contributed by atoms with Crippen LogP contribution in [0.3, 0.4) is 0 Å². The number of hydrogen-bond acceptors (Lipinski definition) is 6. The molecule has 1 unspecified atom stereocenters. The number of nitrogens with one attached hydrogen (secondary N) is 1. The van der Waals surface area contributed by atoms with Crippen molar-refractivity contribution in [3.05, 3.63) is 12.0 Å². The van der Waals surface area contributed by atoms with Crippen LogP contribution in [0.25, 0.3) is 0 Å². The second-order valence-electron chi connectivity index (χ2n) is 5.32. The molecule has 2 rings (SSSR count). The summed E-state index contributed by atoms with van der Waals surface area (Å²) in [5, 5.41) is 12.3. The van der Waals surface area contributed by atoms with Gasteiger partial charge in [-0.3, -0.25) is 0 Å². The molecule has 1 saturated heterocycles. The van der Waals surface area contributed by atoms with Gasteiger partial charge in [-0.25, -0.2) is 4.98 Å². The summed E-state index contributed by atoms with van der Waals surface area (Å²) in [5.74, 6) is 0.178. The van der Waals surface area contributed by atoms with Crippen molar-refractivity contribution in [1.82, 2.24) is 14.9 Å². The van der Waals surface area contributed by atoms with Crippen LogP contribution in [-0.4, -0.2) is 59.9 Å². The largest absolute Gasteiger partial charge is 0.479 e. The van der Waals surface area contributed by atoms with E-state index in [4.69, 9.17) is 4.74 Å². The molecule has 1 aliphatic heterocycles. The Labute approximate surface area is 124 Å². The van der Waals surface area contributed by atoms with Crippen molar-refractivity contribution in [1.29, 1.82) is 0 Å². The number of halogens is 1. The Kier molecular flexibility index (Phi) is 6.13. The highest BCUT2D eigenvalue weighted by Gasteiger charge is 2.18. The Morgan fingerprint density at radius 1 is 1.57 bits per heavy atom. The highest BCUT2D eigenvalue weighted by atomic mass is 19.1. The van der Waals surface area contributed by atoms with Gasteiger partial charge in [0.1, 0.15) is 0 Å². The van der Waals surface area contributed by atoms with Crippen molar-refractivity contribution in [2.75, 3.05) is 45.2 Å². The van der Waals surface area contributed by atoms with Crippen LogP contribution < -0.4 is 10.1 Å². The van der Waals surface area contributed by atoms with Gasteiger partial charge in [0, 0.05) is 19.7 Å². The summed E-state index contributed by atoms with van der Waals surface area (Å²) in [4.78, 5) is 10.2. The molecule has 21 heavy (non-hydrogen) atoms. The fourth-order valence-corrected chi connectivity index (χ4v) is 2.59. The molecule has 0 aromatic carbocycles. The highest BCUT2D eigenvalue weighted by molar-refractivity contribution is 5.28. The van der Waals surface area contributed by atoms with E-state index in [1.807, 2.05) is 0 Å². The van der Waals surface area contributed by atoms with Crippen LogP contribution in [0.15, 0.2) is 6.20 Å². The number of hydrogen-bond donors (Lipinski definition) is 2. The van der Waals surface area contributed by atoms with Crippen LogP contribution in [0.5, 0.6) is 5.88 Å². The molecule has 6 nitrogen and oxygen atoms in total. The summed E-state index contributed by atoms with van der Waals surface area (Å²) in [7, 11) is 1.38. The van der Waals surface area contributed by atoms with Crippen molar-refractivity contribution < 1.29 is 14.2 Å². The summed E-state index contributed by atoms with van der Waals surface area (Å²) >= 11 is 0. The van der Waals surface area contributed by atoms with Gasteiger partial charge in [0.05, 0.1) is 13.3 Å². The molecule has 1 aromatic heterocycles. The molecule has 0 amide bonds. The first-order valence-electron chi connectivity index (χ1n) is 7.36. The average molecular weight is 298 g/mol. The molecule has 1 aromatic rings. The van der Waals surface area contributed by atoms with E-state index < -0.39 is 5.82 Å². The minimum absolute atomic E-state index is 0.0469. The minimum Gasteiger partial charge on any atom is -0.479 e. The first-order valence-corrected chi connectivity index (χ1v) is 7.36. The third-order valence-corrected chi connectivity index (χ3v) is 3.70. The van der Waals surface area contributed by atoms with Gasteiger partial charge < -0.3 is 20.1 Å². The summed E-state index contributed by atoms with van der Waals surface area (Å²) in [6.45, 7) is 4.03. The van der Waals surface area contributed by atoms with Crippen LogP contribution >= 0.6 is 0 Å². The smallest absolute Gasteiger partial charge is 0.255 e. The molecule has 0 spiro atoms. The van der Waals surface area contributed by atoms with Crippen LogP contribution in [0.1, 0.15) is 19.3 Å². The lowest BCUT2D eigenvalue weighted by molar-refractivity contribution is 0.120. The summed E-state index contributed by atoms with van der Waals surface area (Å²) in [6, 6.07) is 0. The second-order valence-corrected chi connectivity index (χ2v) is 5.32. The van der Waals surface area contributed by atoms with Crippen LogP contribution in [0, 0.1) is 11.7 Å². The number of aliphatic hydroxyl groups is 1. The van der Waals surface area contributed by atoms with Crippen LogP contribution in [0.4, 0.5) is 10.3 Å². The number of aliphatic hydroxyl groups excluding tert-OH is 1. The number of piperidine rings is 1. The van der Waals surface area contributed by atoms with Gasteiger partial charge in [-0.05, 0) is 38.3 Å². The molecular weight excluding hydrogens is 275 g/mol. The molecule has 0 radical (unpaired) electrons. The molecule has 1 fully saturated rings. The second kappa shape index (κ2) is 8.09. The maximum Gasteiger partial charge on any atom is 0.255 e. The van der Waals surface area contributed by atoms with E-state index in [0.717, 1.165) is 51.6 Å². The zero-order chi connectivity index (χ0) is 15.1. The molecule has 7 heteroatoms. The Hall–Kier alpha value is -1.47. The minimum atomic E-state index is -0.564. The van der Waals surface area contributed by atoms with Crippen molar-refractivity contribution in [3.63, 3.8) is 0 Å². The summed E-state index contributed by atoms with van der Waals surface area (Å²) < 4.78 is 18.0. The van der Waals surface area contributed by atoms with Gasteiger partial charge in [0.15, 0.2) is 0 Å². The molecule has 1 atom stereocenters. The predicted octanol–water partition coefficient (Wildman–Crippen LogP) is 1.13. The lowest BCUT2D eigenvalue weighted by Gasteiger charge is -2.31. The van der Waals surface area contributed by atoms with Gasteiger partial charge >= 0.3 is 0 Å². The van der Waals surface area contributed by atoms with Gasteiger partial charge in [0.2, 0.25) is 11.8 Å². The monoisotopic (exact) mass is 298 g/mol. The Morgan fingerprint density at radius 3 is 3.19 bits per heavy atom. The van der Waals surface area contributed by atoms with E-state index >= 15 is 0 Å².